The van der Waals surface area contributed by atoms with Crippen molar-refractivity contribution in [2.45, 2.75) is 0 Å². The normalized spacial score (nSPS) is 10.2. The molecule has 78 valence electrons. The molecule has 0 aliphatic carbocycles. The molecule has 0 amide bonds. The first-order valence-electron chi connectivity index (χ1n) is 4.76. The molecule has 0 radical (unpaired) electrons. The summed E-state index contributed by atoms with van der Waals surface area (Å²) in [4.78, 5) is 0. The smallest absolute Gasteiger partial charge is 0.232 e. The summed E-state index contributed by atoms with van der Waals surface area (Å²) < 4.78 is 5.05. The van der Waals surface area contributed by atoms with Crippen molar-refractivity contribution >= 4 is 5.88 Å². The van der Waals surface area contributed by atoms with E-state index in [1.165, 1.54) is 0 Å². The Morgan fingerprint density at radius 3 is 2.80 bits per heavy atom. The van der Waals surface area contributed by atoms with Crippen LogP contribution < -0.4 is 5.32 Å². The molecule has 0 saturated carbocycles. The van der Waals surface area contributed by atoms with Gasteiger partial charge in [-0.15, -0.1) is 0 Å². The molecule has 0 saturated heterocycles. The van der Waals surface area contributed by atoms with Crippen LogP contribution in [0.5, 0.6) is 0 Å². The van der Waals surface area contributed by atoms with Gasteiger partial charge in [-0.05, 0) is 5.56 Å². The number of aliphatic hydroxyl groups is 1. The first-order chi connectivity index (χ1) is 7.42. The van der Waals surface area contributed by atoms with Gasteiger partial charge in [0.15, 0.2) is 0 Å². The van der Waals surface area contributed by atoms with E-state index in [9.17, 15) is 0 Å². The molecule has 2 aromatic rings. The van der Waals surface area contributed by atoms with Gasteiger partial charge in [0.05, 0.1) is 18.4 Å². The molecular weight excluding hydrogens is 192 g/mol. The minimum atomic E-state index is 0.0644. The minimum absolute atomic E-state index is 0.0644. The maximum atomic E-state index is 8.70. The topological polar surface area (TPSA) is 58.3 Å². The first-order valence-corrected chi connectivity index (χ1v) is 4.76. The zero-order chi connectivity index (χ0) is 10.5. The summed E-state index contributed by atoms with van der Waals surface area (Å²) in [6.07, 6.45) is 1.66. The molecule has 4 nitrogen and oxygen atoms in total. The maximum absolute atomic E-state index is 8.70. The molecule has 4 heteroatoms. The Balaban J connectivity index is 2.25. The van der Waals surface area contributed by atoms with Crippen LogP contribution in [0.4, 0.5) is 5.88 Å². The predicted octanol–water partition coefficient (Wildman–Crippen LogP) is 1.75. The highest BCUT2D eigenvalue weighted by Crippen LogP contribution is 2.26. The Morgan fingerprint density at radius 1 is 1.27 bits per heavy atom. The summed E-state index contributed by atoms with van der Waals surface area (Å²) in [5.74, 6) is 0.593. The third-order valence-electron chi connectivity index (χ3n) is 2.05. The van der Waals surface area contributed by atoms with Gasteiger partial charge in [0.1, 0.15) is 0 Å². The van der Waals surface area contributed by atoms with E-state index >= 15 is 0 Å². The fraction of sp³-hybridized carbons (Fsp3) is 0.182. The van der Waals surface area contributed by atoms with Gasteiger partial charge >= 0.3 is 0 Å². The van der Waals surface area contributed by atoms with E-state index in [0.717, 1.165) is 11.1 Å². The second kappa shape index (κ2) is 4.61. The molecule has 1 aromatic carbocycles. The van der Waals surface area contributed by atoms with Gasteiger partial charge < -0.3 is 14.9 Å². The lowest BCUT2D eigenvalue weighted by Crippen LogP contribution is -2.05. The number of hydrogen-bond acceptors (Lipinski definition) is 4. The first kappa shape index (κ1) is 9.73. The molecule has 0 bridgehead atoms. The van der Waals surface area contributed by atoms with E-state index in [2.05, 4.69) is 10.5 Å². The van der Waals surface area contributed by atoms with Gasteiger partial charge in [-0.2, -0.15) is 0 Å². The van der Waals surface area contributed by atoms with E-state index in [0.29, 0.717) is 12.4 Å². The van der Waals surface area contributed by atoms with Crippen LogP contribution >= 0.6 is 0 Å². The number of hydrogen-bond donors (Lipinski definition) is 2. The Labute approximate surface area is 87.5 Å². The van der Waals surface area contributed by atoms with Crippen LogP contribution in [0.1, 0.15) is 0 Å². The minimum Gasteiger partial charge on any atom is -0.395 e. The zero-order valence-electron chi connectivity index (χ0n) is 8.18. The molecule has 2 rings (SSSR count). The standard InChI is InChI=1S/C11H12N2O2/c14-7-6-12-11-10(8-13-15-11)9-4-2-1-3-5-9/h1-5,8,12,14H,6-7H2. The fourth-order valence-electron chi connectivity index (χ4n) is 1.36. The molecule has 1 aromatic heterocycles. The average molecular weight is 204 g/mol. The molecule has 0 fully saturated rings. The van der Waals surface area contributed by atoms with Crippen LogP contribution in [-0.2, 0) is 0 Å². The van der Waals surface area contributed by atoms with Crippen molar-refractivity contribution in [3.8, 4) is 11.1 Å². The molecule has 0 aliphatic heterocycles. The van der Waals surface area contributed by atoms with Crippen molar-refractivity contribution in [3.05, 3.63) is 36.5 Å². The Bertz CT molecular complexity index is 412. The number of anilines is 1. The third kappa shape index (κ3) is 2.16. The fourth-order valence-corrected chi connectivity index (χ4v) is 1.36. The summed E-state index contributed by atoms with van der Waals surface area (Å²) in [5, 5.41) is 15.4. The van der Waals surface area contributed by atoms with Crippen LogP contribution in [0.25, 0.3) is 11.1 Å². The number of aliphatic hydroxyl groups excluding tert-OH is 1. The predicted molar refractivity (Wildman–Crippen MR) is 57.5 cm³/mol. The molecule has 0 unspecified atom stereocenters. The van der Waals surface area contributed by atoms with Crippen LogP contribution in [-0.4, -0.2) is 23.4 Å². The van der Waals surface area contributed by atoms with Crippen LogP contribution in [0.3, 0.4) is 0 Å². The van der Waals surface area contributed by atoms with Crippen molar-refractivity contribution in [3.63, 3.8) is 0 Å². The highest BCUT2D eigenvalue weighted by molar-refractivity contribution is 5.73. The van der Waals surface area contributed by atoms with Crippen molar-refractivity contribution in [1.29, 1.82) is 0 Å². The van der Waals surface area contributed by atoms with Crippen molar-refractivity contribution in [1.82, 2.24) is 5.16 Å². The molecule has 1 heterocycles. The largest absolute Gasteiger partial charge is 0.395 e. The van der Waals surface area contributed by atoms with Gasteiger partial charge in [-0.25, -0.2) is 0 Å². The summed E-state index contributed by atoms with van der Waals surface area (Å²) >= 11 is 0. The number of nitrogens with one attached hydrogen (secondary N) is 1. The molecular formula is C11H12N2O2. The molecule has 2 N–H and O–H groups in total. The average Bonchev–Trinajstić information content (AvgIpc) is 2.75. The van der Waals surface area contributed by atoms with E-state index in [-0.39, 0.29) is 6.61 Å². The van der Waals surface area contributed by atoms with Gasteiger partial charge in [-0.1, -0.05) is 35.5 Å². The van der Waals surface area contributed by atoms with Gasteiger partial charge in [0, 0.05) is 6.54 Å². The number of aromatic nitrogens is 1. The third-order valence-corrected chi connectivity index (χ3v) is 2.05. The van der Waals surface area contributed by atoms with Crippen molar-refractivity contribution < 1.29 is 9.63 Å². The lowest BCUT2D eigenvalue weighted by Gasteiger charge is -2.02. The summed E-state index contributed by atoms with van der Waals surface area (Å²) in [7, 11) is 0. The van der Waals surface area contributed by atoms with Crippen LogP contribution in [0.2, 0.25) is 0 Å². The van der Waals surface area contributed by atoms with Crippen molar-refractivity contribution in [2.75, 3.05) is 18.5 Å². The van der Waals surface area contributed by atoms with E-state index in [4.69, 9.17) is 9.63 Å². The second-order valence-corrected chi connectivity index (χ2v) is 3.09. The summed E-state index contributed by atoms with van der Waals surface area (Å²) in [6.45, 7) is 0.518. The Hall–Kier alpha value is -1.81. The Morgan fingerprint density at radius 2 is 2.07 bits per heavy atom. The highest BCUT2D eigenvalue weighted by atomic mass is 16.5. The van der Waals surface area contributed by atoms with E-state index in [1.54, 1.807) is 6.20 Å². The summed E-state index contributed by atoms with van der Waals surface area (Å²) in [5.41, 5.74) is 1.95. The van der Waals surface area contributed by atoms with E-state index < -0.39 is 0 Å². The number of benzene rings is 1. The highest BCUT2D eigenvalue weighted by Gasteiger charge is 2.08. The van der Waals surface area contributed by atoms with Gasteiger partial charge in [0.25, 0.3) is 0 Å². The maximum Gasteiger partial charge on any atom is 0.232 e. The SMILES string of the molecule is OCCNc1oncc1-c1ccccc1. The number of nitrogens with zero attached hydrogens (tertiary/aromatic N) is 1. The molecule has 0 aliphatic rings. The van der Waals surface area contributed by atoms with Crippen LogP contribution in [0, 0.1) is 0 Å². The van der Waals surface area contributed by atoms with Gasteiger partial charge in [0.2, 0.25) is 5.88 Å². The lowest BCUT2D eigenvalue weighted by atomic mass is 10.1. The number of rotatable bonds is 4. The summed E-state index contributed by atoms with van der Waals surface area (Å²) in [6, 6.07) is 9.83. The quantitative estimate of drug-likeness (QED) is 0.796. The lowest BCUT2D eigenvalue weighted by molar-refractivity contribution is 0.309. The van der Waals surface area contributed by atoms with Gasteiger partial charge in [-0.3, -0.25) is 0 Å². The second-order valence-electron chi connectivity index (χ2n) is 3.09. The van der Waals surface area contributed by atoms with Crippen LogP contribution in [0.15, 0.2) is 41.1 Å². The van der Waals surface area contributed by atoms with E-state index in [1.807, 2.05) is 30.3 Å². The molecule has 0 atom stereocenters. The molecule has 0 spiro atoms. The molecule has 15 heavy (non-hydrogen) atoms. The Kier molecular flexibility index (Phi) is 2.99. The monoisotopic (exact) mass is 204 g/mol. The zero-order valence-corrected chi connectivity index (χ0v) is 8.18. The van der Waals surface area contributed by atoms with Crippen molar-refractivity contribution in [2.24, 2.45) is 0 Å².